The number of alkyl carbamates (subject to hydrolysis) is 1. The second kappa shape index (κ2) is 9.03. The standard InChI is InChI=1S/C17H32N2O3/c1-13(2)10-14(11-19-16(20)22-17(3,4)5)18-12-15-8-6-7-9-21-15/h7,9,13-15,18H,6,8,10-12H2,1-5H3,(H,19,20). The van der Waals surface area contributed by atoms with Gasteiger partial charge in [-0.15, -0.1) is 0 Å². The van der Waals surface area contributed by atoms with Crippen LogP contribution in [0.1, 0.15) is 53.9 Å². The fourth-order valence-corrected chi connectivity index (χ4v) is 2.36. The molecule has 1 rings (SSSR count). The molecule has 0 aromatic rings. The molecule has 128 valence electrons. The number of allylic oxidation sites excluding steroid dienone is 1. The highest BCUT2D eigenvalue weighted by Gasteiger charge is 2.19. The van der Waals surface area contributed by atoms with Crippen LogP contribution in [0.25, 0.3) is 0 Å². The smallest absolute Gasteiger partial charge is 0.407 e. The van der Waals surface area contributed by atoms with Gasteiger partial charge in [0.15, 0.2) is 0 Å². The van der Waals surface area contributed by atoms with Crippen LogP contribution in [0.2, 0.25) is 0 Å². The average Bonchev–Trinajstić information content (AvgIpc) is 2.40. The van der Waals surface area contributed by atoms with Crippen LogP contribution in [0.5, 0.6) is 0 Å². The third-order valence-electron chi connectivity index (χ3n) is 3.30. The van der Waals surface area contributed by atoms with Gasteiger partial charge in [0.05, 0.1) is 6.26 Å². The molecule has 0 spiro atoms. The van der Waals surface area contributed by atoms with E-state index >= 15 is 0 Å². The van der Waals surface area contributed by atoms with E-state index in [9.17, 15) is 4.79 Å². The molecule has 22 heavy (non-hydrogen) atoms. The van der Waals surface area contributed by atoms with E-state index in [4.69, 9.17) is 9.47 Å². The van der Waals surface area contributed by atoms with Crippen molar-refractivity contribution in [3.05, 3.63) is 12.3 Å². The molecule has 5 nitrogen and oxygen atoms in total. The third kappa shape index (κ3) is 8.93. The Morgan fingerprint density at radius 3 is 2.68 bits per heavy atom. The summed E-state index contributed by atoms with van der Waals surface area (Å²) in [7, 11) is 0. The van der Waals surface area contributed by atoms with Gasteiger partial charge in [-0.3, -0.25) is 0 Å². The molecule has 0 aromatic heterocycles. The van der Waals surface area contributed by atoms with Crippen molar-refractivity contribution in [1.82, 2.24) is 10.6 Å². The molecule has 2 unspecified atom stereocenters. The minimum Gasteiger partial charge on any atom is -0.497 e. The molecule has 0 saturated heterocycles. The van der Waals surface area contributed by atoms with Gasteiger partial charge in [0.25, 0.3) is 0 Å². The lowest BCUT2D eigenvalue weighted by atomic mass is 10.0. The van der Waals surface area contributed by atoms with Gasteiger partial charge in [-0.05, 0) is 52.0 Å². The Balaban J connectivity index is 2.36. The highest BCUT2D eigenvalue weighted by molar-refractivity contribution is 5.67. The highest BCUT2D eigenvalue weighted by Crippen LogP contribution is 2.11. The third-order valence-corrected chi connectivity index (χ3v) is 3.30. The lowest BCUT2D eigenvalue weighted by molar-refractivity contribution is 0.0519. The number of hydrogen-bond donors (Lipinski definition) is 2. The Morgan fingerprint density at radius 1 is 1.41 bits per heavy atom. The molecular weight excluding hydrogens is 280 g/mol. The van der Waals surface area contributed by atoms with E-state index in [1.54, 1.807) is 6.26 Å². The molecule has 0 fully saturated rings. The van der Waals surface area contributed by atoms with Gasteiger partial charge in [0.2, 0.25) is 0 Å². The minimum atomic E-state index is -0.465. The first-order chi connectivity index (χ1) is 10.3. The molecule has 0 bridgehead atoms. The Bertz CT molecular complexity index is 361. The summed E-state index contributed by atoms with van der Waals surface area (Å²) >= 11 is 0. The summed E-state index contributed by atoms with van der Waals surface area (Å²) in [6.45, 7) is 11.3. The molecule has 0 aromatic carbocycles. The van der Waals surface area contributed by atoms with E-state index in [1.807, 2.05) is 26.8 Å². The van der Waals surface area contributed by atoms with E-state index in [0.717, 1.165) is 25.8 Å². The number of carbonyl (C=O) groups is 1. The van der Waals surface area contributed by atoms with Crippen molar-refractivity contribution in [2.24, 2.45) is 5.92 Å². The van der Waals surface area contributed by atoms with Crippen molar-refractivity contribution < 1.29 is 14.3 Å². The van der Waals surface area contributed by atoms with E-state index in [-0.39, 0.29) is 18.2 Å². The monoisotopic (exact) mass is 312 g/mol. The van der Waals surface area contributed by atoms with Crippen LogP contribution in [-0.2, 0) is 9.47 Å². The van der Waals surface area contributed by atoms with Crippen molar-refractivity contribution in [3.63, 3.8) is 0 Å². The average molecular weight is 312 g/mol. The minimum absolute atomic E-state index is 0.223. The Kier molecular flexibility index (Phi) is 7.73. The highest BCUT2D eigenvalue weighted by atomic mass is 16.6. The van der Waals surface area contributed by atoms with Crippen LogP contribution >= 0.6 is 0 Å². The van der Waals surface area contributed by atoms with Crippen molar-refractivity contribution in [3.8, 4) is 0 Å². The first-order valence-electron chi connectivity index (χ1n) is 8.27. The number of ether oxygens (including phenoxy) is 2. The second-order valence-corrected chi connectivity index (χ2v) is 7.32. The van der Waals surface area contributed by atoms with Crippen molar-refractivity contribution in [2.75, 3.05) is 13.1 Å². The largest absolute Gasteiger partial charge is 0.497 e. The lowest BCUT2D eigenvalue weighted by Gasteiger charge is -2.26. The van der Waals surface area contributed by atoms with Gasteiger partial charge < -0.3 is 20.1 Å². The molecule has 2 N–H and O–H groups in total. The number of nitrogens with one attached hydrogen (secondary N) is 2. The molecular formula is C17H32N2O3. The maximum absolute atomic E-state index is 11.8. The first-order valence-corrected chi connectivity index (χ1v) is 8.27. The van der Waals surface area contributed by atoms with E-state index in [1.165, 1.54) is 0 Å². The zero-order valence-corrected chi connectivity index (χ0v) is 14.6. The van der Waals surface area contributed by atoms with Gasteiger partial charge in [0, 0.05) is 19.1 Å². The summed E-state index contributed by atoms with van der Waals surface area (Å²) in [5.41, 5.74) is -0.465. The Hall–Kier alpha value is -1.23. The quantitative estimate of drug-likeness (QED) is 0.758. The number of hydrogen-bond acceptors (Lipinski definition) is 4. The molecule has 1 heterocycles. The zero-order chi connectivity index (χ0) is 16.6. The molecule has 5 heteroatoms. The van der Waals surface area contributed by atoms with Crippen LogP contribution in [-0.4, -0.2) is 36.9 Å². The van der Waals surface area contributed by atoms with Gasteiger partial charge in [-0.1, -0.05) is 13.8 Å². The van der Waals surface area contributed by atoms with Gasteiger partial charge in [-0.2, -0.15) is 0 Å². The second-order valence-electron chi connectivity index (χ2n) is 7.32. The molecule has 0 aliphatic carbocycles. The van der Waals surface area contributed by atoms with Crippen molar-refractivity contribution in [2.45, 2.75) is 71.6 Å². The predicted molar refractivity (Wildman–Crippen MR) is 88.7 cm³/mol. The van der Waals surface area contributed by atoms with E-state index in [0.29, 0.717) is 12.5 Å². The fourth-order valence-electron chi connectivity index (χ4n) is 2.36. The summed E-state index contributed by atoms with van der Waals surface area (Å²) in [6, 6.07) is 0.224. The predicted octanol–water partition coefficient (Wildman–Crippen LogP) is 3.21. The summed E-state index contributed by atoms with van der Waals surface area (Å²) < 4.78 is 10.8. The number of rotatable bonds is 7. The van der Waals surface area contributed by atoms with E-state index in [2.05, 4.69) is 24.5 Å². The van der Waals surface area contributed by atoms with Gasteiger partial charge in [0.1, 0.15) is 11.7 Å². The van der Waals surface area contributed by atoms with Crippen LogP contribution in [0, 0.1) is 5.92 Å². The molecule has 0 saturated carbocycles. The molecule has 1 amide bonds. The SMILES string of the molecule is CC(C)CC(CNC(=O)OC(C)(C)C)NCC1CCC=CO1. The van der Waals surface area contributed by atoms with Crippen LogP contribution < -0.4 is 10.6 Å². The summed E-state index contributed by atoms with van der Waals surface area (Å²) in [5, 5.41) is 6.36. The van der Waals surface area contributed by atoms with Crippen LogP contribution in [0.3, 0.4) is 0 Å². The first kappa shape index (κ1) is 18.8. The van der Waals surface area contributed by atoms with Crippen LogP contribution in [0.15, 0.2) is 12.3 Å². The maximum atomic E-state index is 11.8. The van der Waals surface area contributed by atoms with E-state index < -0.39 is 5.60 Å². The van der Waals surface area contributed by atoms with Crippen molar-refractivity contribution >= 4 is 6.09 Å². The van der Waals surface area contributed by atoms with Crippen molar-refractivity contribution in [1.29, 1.82) is 0 Å². The Morgan fingerprint density at radius 2 is 2.14 bits per heavy atom. The fraction of sp³-hybridized carbons (Fsp3) is 0.824. The molecule has 0 radical (unpaired) electrons. The summed E-state index contributed by atoms with van der Waals surface area (Å²) in [6.07, 6.45) is 6.80. The lowest BCUT2D eigenvalue weighted by Crippen LogP contribution is -2.45. The number of carbonyl (C=O) groups excluding carboxylic acids is 1. The maximum Gasteiger partial charge on any atom is 0.407 e. The number of amides is 1. The molecule has 2 atom stereocenters. The molecule has 1 aliphatic rings. The summed E-state index contributed by atoms with van der Waals surface area (Å²) in [5.74, 6) is 0.560. The van der Waals surface area contributed by atoms with Gasteiger partial charge in [-0.25, -0.2) is 4.79 Å². The Labute approximate surface area is 134 Å². The zero-order valence-electron chi connectivity index (χ0n) is 14.6. The van der Waals surface area contributed by atoms with Crippen LogP contribution in [0.4, 0.5) is 4.79 Å². The summed E-state index contributed by atoms with van der Waals surface area (Å²) in [4.78, 5) is 11.8. The topological polar surface area (TPSA) is 59.6 Å². The molecule has 1 aliphatic heterocycles. The normalized spacial score (nSPS) is 19.6. The van der Waals surface area contributed by atoms with Gasteiger partial charge >= 0.3 is 6.09 Å².